The van der Waals surface area contributed by atoms with Crippen LogP contribution in [0.1, 0.15) is 22.5 Å². The summed E-state index contributed by atoms with van der Waals surface area (Å²) in [6.07, 6.45) is 0.147. The van der Waals surface area contributed by atoms with Gasteiger partial charge in [-0.3, -0.25) is 9.69 Å². The SMILES string of the molecule is COc1ccc(CNc2nc(CC3NC(=O)N(C)C3=O)nc(NCc3ccc(CN)cc3)n2)cc1. The van der Waals surface area contributed by atoms with E-state index in [-0.39, 0.29) is 12.3 Å². The molecule has 182 valence electrons. The normalized spacial score (nSPS) is 15.2. The zero-order chi connectivity index (χ0) is 24.8. The second-order valence-corrected chi connectivity index (χ2v) is 8.08. The summed E-state index contributed by atoms with van der Waals surface area (Å²) in [6.45, 7) is 1.46. The monoisotopic (exact) mass is 476 g/mol. The first-order valence-corrected chi connectivity index (χ1v) is 11.2. The maximum atomic E-state index is 12.3. The van der Waals surface area contributed by atoms with Gasteiger partial charge in [-0.1, -0.05) is 36.4 Å². The first kappa shape index (κ1) is 23.9. The van der Waals surface area contributed by atoms with Crippen molar-refractivity contribution in [3.8, 4) is 5.75 Å². The maximum Gasteiger partial charge on any atom is 0.324 e. The van der Waals surface area contributed by atoms with Crippen LogP contribution >= 0.6 is 0 Å². The Balaban J connectivity index is 1.50. The van der Waals surface area contributed by atoms with Gasteiger partial charge in [-0.25, -0.2) is 4.79 Å². The van der Waals surface area contributed by atoms with Gasteiger partial charge in [0.15, 0.2) is 0 Å². The number of aromatic nitrogens is 3. The first-order valence-electron chi connectivity index (χ1n) is 11.2. The van der Waals surface area contributed by atoms with Gasteiger partial charge in [0.1, 0.15) is 17.6 Å². The number of hydrogen-bond acceptors (Lipinski definition) is 9. The lowest BCUT2D eigenvalue weighted by molar-refractivity contribution is -0.126. The average Bonchev–Trinajstić information content (AvgIpc) is 3.13. The summed E-state index contributed by atoms with van der Waals surface area (Å²) in [4.78, 5) is 38.7. The molecule has 1 unspecified atom stereocenters. The highest BCUT2D eigenvalue weighted by Crippen LogP contribution is 2.15. The van der Waals surface area contributed by atoms with E-state index in [1.807, 2.05) is 48.5 Å². The number of nitrogens with two attached hydrogens (primary N) is 1. The van der Waals surface area contributed by atoms with E-state index < -0.39 is 12.1 Å². The fourth-order valence-electron chi connectivity index (χ4n) is 3.53. The Morgan fingerprint density at radius 3 is 1.94 bits per heavy atom. The topological polar surface area (TPSA) is 147 Å². The Morgan fingerprint density at radius 1 is 0.914 bits per heavy atom. The second kappa shape index (κ2) is 10.8. The molecule has 3 aromatic rings. The number of urea groups is 1. The van der Waals surface area contributed by atoms with Crippen molar-refractivity contribution in [1.29, 1.82) is 0 Å². The molecule has 0 spiro atoms. The standard InChI is InChI=1S/C24H28N8O3/c1-32-21(33)19(28-24(32)34)11-20-29-22(26-13-16-5-3-15(12-25)4-6-16)31-23(30-20)27-14-17-7-9-18(35-2)10-8-17/h3-10,19H,11-14,25H2,1-2H3,(H,28,34)(H2,26,27,29,30,31). The van der Waals surface area contributed by atoms with Gasteiger partial charge in [-0.05, 0) is 28.8 Å². The summed E-state index contributed by atoms with van der Waals surface area (Å²) in [6, 6.07) is 14.4. The van der Waals surface area contributed by atoms with Gasteiger partial charge >= 0.3 is 6.03 Å². The molecule has 1 fully saturated rings. The number of nitrogens with one attached hydrogen (secondary N) is 3. The lowest BCUT2D eigenvalue weighted by Gasteiger charge is -2.12. The van der Waals surface area contributed by atoms with Crippen molar-refractivity contribution in [2.24, 2.45) is 5.73 Å². The lowest BCUT2D eigenvalue weighted by atomic mass is 10.1. The van der Waals surface area contributed by atoms with Gasteiger partial charge in [0.25, 0.3) is 5.91 Å². The van der Waals surface area contributed by atoms with Crippen LogP contribution in [0.4, 0.5) is 16.7 Å². The van der Waals surface area contributed by atoms with Crippen LogP contribution in [0.3, 0.4) is 0 Å². The predicted octanol–water partition coefficient (Wildman–Crippen LogP) is 1.66. The average molecular weight is 477 g/mol. The maximum absolute atomic E-state index is 12.3. The molecule has 11 nitrogen and oxygen atoms in total. The Morgan fingerprint density at radius 2 is 1.46 bits per heavy atom. The van der Waals surface area contributed by atoms with Crippen molar-refractivity contribution in [1.82, 2.24) is 25.2 Å². The van der Waals surface area contributed by atoms with Crippen LogP contribution in [0.5, 0.6) is 5.75 Å². The third-order valence-electron chi connectivity index (χ3n) is 5.62. The van der Waals surface area contributed by atoms with E-state index in [1.54, 1.807) is 7.11 Å². The van der Waals surface area contributed by atoms with Crippen molar-refractivity contribution in [2.45, 2.75) is 32.1 Å². The van der Waals surface area contributed by atoms with Crippen LogP contribution < -0.4 is 26.4 Å². The van der Waals surface area contributed by atoms with Crippen LogP contribution in [0.2, 0.25) is 0 Å². The molecular formula is C24H28N8O3. The number of rotatable bonds is 10. The van der Waals surface area contributed by atoms with Crippen molar-refractivity contribution in [3.05, 3.63) is 71.0 Å². The number of ether oxygens (including phenoxy) is 1. The van der Waals surface area contributed by atoms with Gasteiger partial charge in [0.05, 0.1) is 7.11 Å². The molecule has 2 aromatic carbocycles. The van der Waals surface area contributed by atoms with Crippen molar-refractivity contribution in [3.63, 3.8) is 0 Å². The summed E-state index contributed by atoms with van der Waals surface area (Å²) in [5.74, 6) is 1.55. The Hall–Kier alpha value is -4.25. The van der Waals surface area contributed by atoms with Gasteiger partial charge < -0.3 is 26.4 Å². The fourth-order valence-corrected chi connectivity index (χ4v) is 3.53. The molecule has 1 aliphatic heterocycles. The fraction of sp³-hybridized carbons (Fsp3) is 0.292. The minimum atomic E-state index is -0.721. The van der Waals surface area contributed by atoms with Crippen LogP contribution in [0, 0.1) is 0 Å². The zero-order valence-corrected chi connectivity index (χ0v) is 19.6. The molecule has 2 heterocycles. The summed E-state index contributed by atoms with van der Waals surface area (Å²) in [7, 11) is 3.06. The highest BCUT2D eigenvalue weighted by Gasteiger charge is 2.36. The molecule has 11 heteroatoms. The summed E-state index contributed by atoms with van der Waals surface area (Å²) in [5.41, 5.74) is 8.77. The molecule has 4 rings (SSSR count). The predicted molar refractivity (Wildman–Crippen MR) is 131 cm³/mol. The van der Waals surface area contributed by atoms with E-state index >= 15 is 0 Å². The van der Waals surface area contributed by atoms with E-state index in [4.69, 9.17) is 10.5 Å². The molecule has 1 aliphatic rings. The highest BCUT2D eigenvalue weighted by atomic mass is 16.5. The Bertz CT molecular complexity index is 1110. The van der Waals surface area contributed by atoms with E-state index in [1.165, 1.54) is 7.05 Å². The van der Waals surface area contributed by atoms with Crippen molar-refractivity contribution >= 4 is 23.8 Å². The molecule has 3 amide bonds. The van der Waals surface area contributed by atoms with E-state index in [9.17, 15) is 9.59 Å². The molecular weight excluding hydrogens is 448 g/mol. The largest absolute Gasteiger partial charge is 0.497 e. The third-order valence-corrected chi connectivity index (χ3v) is 5.62. The van der Waals surface area contributed by atoms with Crippen molar-refractivity contribution in [2.75, 3.05) is 24.8 Å². The molecule has 0 saturated carbocycles. The second-order valence-electron chi connectivity index (χ2n) is 8.08. The molecule has 1 aromatic heterocycles. The molecule has 1 atom stereocenters. The number of hydrogen-bond donors (Lipinski definition) is 4. The molecule has 5 N–H and O–H groups in total. The number of carbonyl (C=O) groups excluding carboxylic acids is 2. The number of nitrogens with zero attached hydrogens (tertiary/aromatic N) is 4. The van der Waals surface area contributed by atoms with Crippen LogP contribution in [0.15, 0.2) is 48.5 Å². The Labute approximate surface area is 203 Å². The minimum Gasteiger partial charge on any atom is -0.497 e. The summed E-state index contributed by atoms with van der Waals surface area (Å²) < 4.78 is 5.20. The quantitative estimate of drug-likeness (QED) is 0.321. The summed E-state index contributed by atoms with van der Waals surface area (Å²) in [5, 5.41) is 9.07. The third kappa shape index (κ3) is 6.01. The van der Waals surface area contributed by atoms with Crippen LogP contribution in [0.25, 0.3) is 0 Å². The van der Waals surface area contributed by atoms with Crippen LogP contribution in [-0.4, -0.2) is 52.0 Å². The first-order chi connectivity index (χ1) is 16.9. The number of methoxy groups -OCH3 is 1. The molecule has 0 radical (unpaired) electrons. The van der Waals surface area contributed by atoms with E-state index in [0.29, 0.717) is 37.4 Å². The lowest BCUT2D eigenvalue weighted by Crippen LogP contribution is -2.32. The zero-order valence-electron chi connectivity index (χ0n) is 19.6. The molecule has 0 bridgehead atoms. The number of anilines is 2. The Kier molecular flexibility index (Phi) is 7.36. The molecule has 35 heavy (non-hydrogen) atoms. The van der Waals surface area contributed by atoms with Gasteiger partial charge in [-0.15, -0.1) is 0 Å². The summed E-state index contributed by atoms with van der Waals surface area (Å²) >= 11 is 0. The van der Waals surface area contributed by atoms with Crippen LogP contribution in [-0.2, 0) is 30.8 Å². The van der Waals surface area contributed by atoms with Crippen molar-refractivity contribution < 1.29 is 14.3 Å². The molecule has 1 saturated heterocycles. The van der Waals surface area contributed by atoms with E-state index in [2.05, 4.69) is 30.9 Å². The van der Waals surface area contributed by atoms with Gasteiger partial charge in [0, 0.05) is 33.1 Å². The number of likely N-dealkylation sites (N-methyl/N-ethyl adjacent to an activating group) is 1. The number of imide groups is 1. The number of amides is 3. The smallest absolute Gasteiger partial charge is 0.324 e. The highest BCUT2D eigenvalue weighted by molar-refractivity contribution is 6.03. The molecule has 0 aliphatic carbocycles. The number of carbonyl (C=O) groups is 2. The van der Waals surface area contributed by atoms with Gasteiger partial charge in [-0.2, -0.15) is 15.0 Å². The van der Waals surface area contributed by atoms with E-state index in [0.717, 1.165) is 27.3 Å². The van der Waals surface area contributed by atoms with Gasteiger partial charge in [0.2, 0.25) is 11.9 Å². The minimum absolute atomic E-state index is 0.147. The number of benzene rings is 2.